The van der Waals surface area contributed by atoms with Gasteiger partial charge in [-0.2, -0.15) is 0 Å². The SMILES string of the molecule is Cc1cn([C@@H]2O[C@H](CO[P+](=S)OCC3c4ccccc4-c4ccccc43)[C@@H](OC(=O)c3ccccc3)[C@H]2O)c(=O)[nH]c1=O. The molecule has 0 radical (unpaired) electrons. The smallest absolute Gasteiger partial charge is 0.453 e. The first-order chi connectivity index (χ1) is 20.8. The molecule has 220 valence electrons. The van der Waals surface area contributed by atoms with E-state index in [0.29, 0.717) is 6.61 Å². The number of aromatic amines is 1. The molecule has 1 aromatic heterocycles. The second-order valence-electron chi connectivity index (χ2n) is 10.3. The molecule has 2 heterocycles. The summed E-state index contributed by atoms with van der Waals surface area (Å²) in [7, 11) is -1.81. The Balaban J connectivity index is 1.17. The minimum absolute atomic E-state index is 0.00666. The van der Waals surface area contributed by atoms with Gasteiger partial charge in [0, 0.05) is 17.7 Å². The average Bonchev–Trinajstić information content (AvgIpc) is 3.51. The summed E-state index contributed by atoms with van der Waals surface area (Å²) in [5, 5.41) is 11.2. The van der Waals surface area contributed by atoms with Crippen LogP contribution < -0.4 is 11.2 Å². The van der Waals surface area contributed by atoms with E-state index in [1.807, 2.05) is 24.3 Å². The summed E-state index contributed by atoms with van der Waals surface area (Å²) in [5.41, 5.74) is 3.82. The third-order valence-electron chi connectivity index (χ3n) is 7.64. The van der Waals surface area contributed by atoms with Crippen LogP contribution in [0.5, 0.6) is 0 Å². The van der Waals surface area contributed by atoms with E-state index in [9.17, 15) is 19.5 Å². The number of hydrogen-bond acceptors (Lipinski definition) is 9. The minimum atomic E-state index is -1.81. The number of ether oxygens (including phenoxy) is 2. The van der Waals surface area contributed by atoms with E-state index in [1.165, 1.54) is 13.1 Å². The average molecular weight is 620 g/mol. The predicted octanol–water partition coefficient (Wildman–Crippen LogP) is 3.95. The molecule has 1 unspecified atom stereocenters. The summed E-state index contributed by atoms with van der Waals surface area (Å²) >= 11 is 5.51. The lowest BCUT2D eigenvalue weighted by Crippen LogP contribution is -2.40. The number of aliphatic hydroxyl groups excluding tert-OH is 1. The number of esters is 1. The van der Waals surface area contributed by atoms with E-state index in [4.69, 9.17) is 30.3 Å². The molecule has 4 aromatic rings. The second-order valence-corrected chi connectivity index (χ2v) is 12.2. The van der Waals surface area contributed by atoms with Crippen molar-refractivity contribution in [3.63, 3.8) is 0 Å². The quantitative estimate of drug-likeness (QED) is 0.211. The maximum atomic E-state index is 12.9. The molecule has 0 amide bonds. The first-order valence-electron chi connectivity index (χ1n) is 13.6. The first kappa shape index (κ1) is 29.3. The van der Waals surface area contributed by atoms with Crippen molar-refractivity contribution in [2.45, 2.75) is 37.4 Å². The number of fused-ring (bicyclic) bond motifs is 3. The molecule has 1 aliphatic heterocycles. The topological polar surface area (TPSA) is 129 Å². The fourth-order valence-corrected chi connectivity index (χ4v) is 6.50. The summed E-state index contributed by atoms with van der Waals surface area (Å²) in [5.74, 6) is -0.688. The van der Waals surface area contributed by atoms with E-state index in [-0.39, 0.29) is 23.7 Å². The van der Waals surface area contributed by atoms with E-state index in [2.05, 4.69) is 29.2 Å². The van der Waals surface area contributed by atoms with Gasteiger partial charge in [0.15, 0.2) is 12.3 Å². The Labute approximate surface area is 252 Å². The molecule has 43 heavy (non-hydrogen) atoms. The Hall–Kier alpha value is -3.83. The maximum absolute atomic E-state index is 12.9. The third kappa shape index (κ3) is 5.88. The fraction of sp³-hybridized carbons (Fsp3) is 0.258. The number of aliphatic hydroxyl groups is 1. The molecule has 2 aliphatic rings. The van der Waals surface area contributed by atoms with E-state index < -0.39 is 48.9 Å². The monoisotopic (exact) mass is 619 g/mol. The van der Waals surface area contributed by atoms with Gasteiger partial charge in [-0.3, -0.25) is 14.3 Å². The molecule has 3 aromatic carbocycles. The fourth-order valence-electron chi connectivity index (χ4n) is 5.52. The van der Waals surface area contributed by atoms with Gasteiger partial charge >= 0.3 is 18.8 Å². The number of benzene rings is 3. The molecule has 1 aliphatic carbocycles. The van der Waals surface area contributed by atoms with Crippen LogP contribution >= 0.6 is 7.15 Å². The van der Waals surface area contributed by atoms with E-state index in [1.54, 1.807) is 30.3 Å². The third-order valence-corrected chi connectivity index (χ3v) is 8.99. The number of nitrogens with zero attached hydrogens (tertiary/aromatic N) is 1. The minimum Gasteiger partial charge on any atom is -0.453 e. The van der Waals surface area contributed by atoms with Gasteiger partial charge in [-0.15, -0.1) is 9.05 Å². The molecule has 10 nitrogen and oxygen atoms in total. The van der Waals surface area contributed by atoms with Crippen LogP contribution in [-0.2, 0) is 30.3 Å². The Kier molecular flexibility index (Phi) is 8.45. The number of nitrogens with one attached hydrogen (secondary N) is 1. The second kappa shape index (κ2) is 12.4. The zero-order valence-corrected chi connectivity index (χ0v) is 24.7. The van der Waals surface area contributed by atoms with Crippen molar-refractivity contribution >= 4 is 24.9 Å². The normalized spacial score (nSPS) is 21.3. The molecule has 5 atom stereocenters. The van der Waals surface area contributed by atoms with E-state index in [0.717, 1.165) is 26.8 Å². The predicted molar refractivity (Wildman–Crippen MR) is 162 cm³/mol. The van der Waals surface area contributed by atoms with Gasteiger partial charge in [0.25, 0.3) is 5.56 Å². The zero-order valence-electron chi connectivity index (χ0n) is 23.0. The molecule has 1 fully saturated rings. The summed E-state index contributed by atoms with van der Waals surface area (Å²) in [6.07, 6.45) is -3.61. The number of carbonyl (C=O) groups is 1. The lowest BCUT2D eigenvalue weighted by atomic mass is 9.98. The van der Waals surface area contributed by atoms with Crippen molar-refractivity contribution in [2.75, 3.05) is 13.2 Å². The lowest BCUT2D eigenvalue weighted by molar-refractivity contribution is -0.0523. The molecule has 0 bridgehead atoms. The molecule has 6 rings (SSSR count). The summed E-state index contributed by atoms with van der Waals surface area (Å²) in [6, 6.07) is 24.6. The molecule has 12 heteroatoms. The van der Waals surface area contributed by atoms with Crippen LogP contribution in [-0.4, -0.2) is 52.2 Å². The standard InChI is InChI=1S/C31H27N2O8PS/c1-18-15-33(31(37)32-28(18)35)29-26(34)27(41-30(36)19-9-3-2-4-10-19)25(40-29)17-39-42(43)38-16-24-22-13-7-5-11-20(22)21-12-6-8-14-23(21)24/h2-15,24-27,29,34H,16-17H2,1H3/p+1/t25-,26-,27-,29-/m1/s1. The van der Waals surface area contributed by atoms with Crippen LogP contribution in [0.1, 0.15) is 39.2 Å². The first-order valence-corrected chi connectivity index (χ1v) is 15.8. The highest BCUT2D eigenvalue weighted by Crippen LogP contribution is 2.46. The van der Waals surface area contributed by atoms with Crippen molar-refractivity contribution in [1.29, 1.82) is 0 Å². The van der Waals surface area contributed by atoms with Crippen LogP contribution in [0, 0.1) is 6.92 Å². The highest BCUT2D eigenvalue weighted by atomic mass is 32.4. The van der Waals surface area contributed by atoms with Crippen LogP contribution in [0.3, 0.4) is 0 Å². The van der Waals surface area contributed by atoms with Crippen LogP contribution in [0.15, 0.2) is 94.6 Å². The van der Waals surface area contributed by atoms with Gasteiger partial charge in [-0.05, 0) is 41.3 Å². The van der Waals surface area contributed by atoms with Gasteiger partial charge in [-0.1, -0.05) is 66.7 Å². The van der Waals surface area contributed by atoms with Gasteiger partial charge < -0.3 is 14.6 Å². The molecule has 1 saturated heterocycles. The Morgan fingerprint density at radius 2 is 1.56 bits per heavy atom. The highest BCUT2D eigenvalue weighted by molar-refractivity contribution is 8.00. The van der Waals surface area contributed by atoms with Gasteiger partial charge in [0.1, 0.15) is 25.4 Å². The summed E-state index contributed by atoms with van der Waals surface area (Å²) < 4.78 is 24.6. The number of aryl methyl sites for hydroxylation is 1. The summed E-state index contributed by atoms with van der Waals surface area (Å²) in [4.78, 5) is 39.6. The zero-order chi connectivity index (χ0) is 30.1. The van der Waals surface area contributed by atoms with Crippen molar-refractivity contribution in [1.82, 2.24) is 9.55 Å². The van der Waals surface area contributed by atoms with E-state index >= 15 is 0 Å². The Bertz CT molecular complexity index is 1750. The van der Waals surface area contributed by atoms with Gasteiger partial charge in [-0.25, -0.2) is 9.59 Å². The Morgan fingerprint density at radius 3 is 2.23 bits per heavy atom. The highest BCUT2D eigenvalue weighted by Gasteiger charge is 2.49. The number of H-pyrrole nitrogens is 1. The molecular formula is C31H28N2O8PS+. The van der Waals surface area contributed by atoms with Crippen LogP contribution in [0.25, 0.3) is 11.1 Å². The van der Waals surface area contributed by atoms with Gasteiger partial charge in [0.2, 0.25) is 11.8 Å². The maximum Gasteiger partial charge on any atom is 0.521 e. The number of carbonyl (C=O) groups excluding carboxylic acids is 1. The van der Waals surface area contributed by atoms with Crippen LogP contribution in [0.4, 0.5) is 0 Å². The lowest BCUT2D eigenvalue weighted by Gasteiger charge is -2.20. The number of rotatable bonds is 9. The number of hydrogen-bond donors (Lipinski definition) is 2. The molecule has 2 N–H and O–H groups in total. The van der Waals surface area contributed by atoms with Crippen molar-refractivity contribution < 1.29 is 28.4 Å². The Morgan fingerprint density at radius 1 is 0.953 bits per heavy atom. The molecule has 0 spiro atoms. The number of aromatic nitrogens is 2. The van der Waals surface area contributed by atoms with Crippen molar-refractivity contribution in [3.8, 4) is 11.1 Å². The van der Waals surface area contributed by atoms with Crippen molar-refractivity contribution in [2.24, 2.45) is 0 Å². The van der Waals surface area contributed by atoms with Crippen molar-refractivity contribution in [3.05, 3.63) is 128 Å². The van der Waals surface area contributed by atoms with Gasteiger partial charge in [0.05, 0.1) is 5.56 Å². The molecule has 0 saturated carbocycles. The molecular weight excluding hydrogens is 591 g/mol. The summed E-state index contributed by atoms with van der Waals surface area (Å²) in [6.45, 7) is 1.65. The van der Waals surface area contributed by atoms with Crippen LogP contribution in [0.2, 0.25) is 0 Å². The largest absolute Gasteiger partial charge is 0.521 e.